The molecule has 9 nitrogen and oxygen atoms in total. The second-order valence-electron chi connectivity index (χ2n) is 6.53. The average Bonchev–Trinajstić information content (AvgIpc) is 3.22. The van der Waals surface area contributed by atoms with E-state index in [4.69, 9.17) is 9.15 Å². The van der Waals surface area contributed by atoms with Crippen molar-refractivity contribution in [1.82, 2.24) is 9.66 Å². The fraction of sp³-hybridized carbons (Fsp3) is 0.0952. The van der Waals surface area contributed by atoms with Crippen LogP contribution in [0.4, 0.5) is 5.69 Å². The van der Waals surface area contributed by atoms with E-state index in [2.05, 4.69) is 26.0 Å². The summed E-state index contributed by atoms with van der Waals surface area (Å²) in [5.41, 5.74) is 0.754. The van der Waals surface area contributed by atoms with Gasteiger partial charge in [-0.05, 0) is 43.3 Å². The van der Waals surface area contributed by atoms with Crippen molar-refractivity contribution in [2.24, 2.45) is 5.10 Å². The van der Waals surface area contributed by atoms with E-state index in [0.717, 1.165) is 4.47 Å². The van der Waals surface area contributed by atoms with E-state index in [1.807, 2.05) is 6.07 Å². The number of nitro benzene ring substituents is 1. The molecule has 0 aliphatic carbocycles. The van der Waals surface area contributed by atoms with Crippen LogP contribution in [0.5, 0.6) is 5.75 Å². The van der Waals surface area contributed by atoms with Crippen LogP contribution in [-0.4, -0.2) is 27.9 Å². The maximum Gasteiger partial charge on any atom is 0.282 e. The molecular weight excluding hydrogens is 468 g/mol. The Bertz CT molecular complexity index is 1410. The number of ether oxygens (including phenoxy) is 1. The quantitative estimate of drug-likeness (QED) is 0.234. The zero-order valence-corrected chi connectivity index (χ0v) is 18.0. The van der Waals surface area contributed by atoms with Crippen LogP contribution >= 0.6 is 15.9 Å². The van der Waals surface area contributed by atoms with Gasteiger partial charge in [-0.2, -0.15) is 9.78 Å². The van der Waals surface area contributed by atoms with Gasteiger partial charge in [-0.1, -0.05) is 15.9 Å². The first kappa shape index (κ1) is 20.5. The Balaban J connectivity index is 1.69. The minimum absolute atomic E-state index is 0.0840. The smallest absolute Gasteiger partial charge is 0.282 e. The first-order chi connectivity index (χ1) is 14.9. The molecule has 31 heavy (non-hydrogen) atoms. The highest BCUT2D eigenvalue weighted by atomic mass is 79.9. The number of rotatable bonds is 5. The molecule has 2 aromatic carbocycles. The molecule has 0 aliphatic heterocycles. The lowest BCUT2D eigenvalue weighted by Crippen LogP contribution is -2.20. The van der Waals surface area contributed by atoms with E-state index in [1.54, 1.807) is 37.3 Å². The molecule has 10 heteroatoms. The Kier molecular flexibility index (Phi) is 5.38. The third kappa shape index (κ3) is 3.97. The molecule has 0 saturated heterocycles. The van der Waals surface area contributed by atoms with Gasteiger partial charge in [0.1, 0.15) is 23.1 Å². The molecule has 0 amide bonds. The van der Waals surface area contributed by atoms with Crippen molar-refractivity contribution in [3.63, 3.8) is 0 Å². The number of halogens is 1. The van der Waals surface area contributed by atoms with Crippen LogP contribution in [0, 0.1) is 17.0 Å². The fourth-order valence-corrected chi connectivity index (χ4v) is 3.44. The number of nitro groups is 1. The Morgan fingerprint density at radius 3 is 2.77 bits per heavy atom. The van der Waals surface area contributed by atoms with Crippen LogP contribution in [0.3, 0.4) is 0 Å². The molecule has 0 saturated carbocycles. The standard InChI is InChI=1S/C21H15BrN4O5/c1-12-24-18-7-3-13(22)9-17(18)21(27)25(12)23-11-15-5-8-19(31-15)16-6-4-14(26(28)29)10-20(16)30-2/h3-11H,1-2H3. The maximum absolute atomic E-state index is 12.8. The van der Waals surface area contributed by atoms with Crippen LogP contribution in [0.15, 0.2) is 67.3 Å². The molecule has 0 N–H and O–H groups in total. The number of aryl methyl sites for hydroxylation is 1. The average molecular weight is 483 g/mol. The Morgan fingerprint density at radius 1 is 1.23 bits per heavy atom. The van der Waals surface area contributed by atoms with Gasteiger partial charge in [-0.25, -0.2) is 4.98 Å². The van der Waals surface area contributed by atoms with Gasteiger partial charge in [0.15, 0.2) is 0 Å². The van der Waals surface area contributed by atoms with Crippen LogP contribution in [0.2, 0.25) is 0 Å². The lowest BCUT2D eigenvalue weighted by Gasteiger charge is -2.06. The summed E-state index contributed by atoms with van der Waals surface area (Å²) in [6.45, 7) is 1.69. The molecule has 0 fully saturated rings. The Morgan fingerprint density at radius 2 is 2.03 bits per heavy atom. The van der Waals surface area contributed by atoms with E-state index >= 15 is 0 Å². The van der Waals surface area contributed by atoms with Crippen LogP contribution in [0.25, 0.3) is 22.2 Å². The van der Waals surface area contributed by atoms with Gasteiger partial charge >= 0.3 is 0 Å². The van der Waals surface area contributed by atoms with Crippen molar-refractivity contribution >= 4 is 38.7 Å². The van der Waals surface area contributed by atoms with Gasteiger partial charge in [0.05, 0.1) is 40.8 Å². The topological polar surface area (TPSA) is 113 Å². The molecule has 4 rings (SSSR count). The van der Waals surface area contributed by atoms with Gasteiger partial charge in [-0.3, -0.25) is 14.9 Å². The molecule has 0 radical (unpaired) electrons. The number of hydrogen-bond acceptors (Lipinski definition) is 7. The number of furan rings is 1. The van der Waals surface area contributed by atoms with E-state index in [-0.39, 0.29) is 11.2 Å². The lowest BCUT2D eigenvalue weighted by molar-refractivity contribution is -0.384. The van der Waals surface area contributed by atoms with Gasteiger partial charge < -0.3 is 9.15 Å². The first-order valence-corrected chi connectivity index (χ1v) is 9.82. The summed E-state index contributed by atoms with van der Waals surface area (Å²) in [5, 5.41) is 15.6. The number of fused-ring (bicyclic) bond motifs is 1. The predicted octanol–water partition coefficient (Wildman–Crippen LogP) is 4.53. The van der Waals surface area contributed by atoms with Gasteiger partial charge in [0.25, 0.3) is 11.2 Å². The Labute approximate surface area is 183 Å². The summed E-state index contributed by atoms with van der Waals surface area (Å²) in [6.07, 6.45) is 1.40. The molecule has 2 aromatic heterocycles. The number of benzene rings is 2. The Hall–Kier alpha value is -3.79. The summed E-state index contributed by atoms with van der Waals surface area (Å²) < 4.78 is 13.0. The second-order valence-corrected chi connectivity index (χ2v) is 7.44. The highest BCUT2D eigenvalue weighted by Gasteiger charge is 2.15. The number of nitrogens with zero attached hydrogens (tertiary/aromatic N) is 4. The molecule has 0 atom stereocenters. The largest absolute Gasteiger partial charge is 0.496 e. The maximum atomic E-state index is 12.8. The molecule has 4 aromatic rings. The highest BCUT2D eigenvalue weighted by molar-refractivity contribution is 9.10. The van der Waals surface area contributed by atoms with Crippen LogP contribution in [-0.2, 0) is 0 Å². The van der Waals surface area contributed by atoms with E-state index in [1.165, 1.54) is 30.1 Å². The zero-order chi connectivity index (χ0) is 22.1. The van der Waals surface area contributed by atoms with E-state index in [0.29, 0.717) is 39.6 Å². The monoisotopic (exact) mass is 482 g/mol. The lowest BCUT2D eigenvalue weighted by atomic mass is 10.1. The predicted molar refractivity (Wildman–Crippen MR) is 119 cm³/mol. The minimum atomic E-state index is -0.497. The molecular formula is C21H15BrN4O5. The second kappa shape index (κ2) is 8.15. The zero-order valence-electron chi connectivity index (χ0n) is 16.4. The number of methoxy groups -OCH3 is 1. The molecule has 156 valence electrons. The fourth-order valence-electron chi connectivity index (χ4n) is 3.07. The number of hydrogen-bond donors (Lipinski definition) is 0. The first-order valence-electron chi connectivity index (χ1n) is 9.03. The number of non-ortho nitro benzene ring substituents is 1. The molecule has 0 aliphatic rings. The van der Waals surface area contributed by atoms with Crippen molar-refractivity contribution in [2.75, 3.05) is 7.11 Å². The third-order valence-electron chi connectivity index (χ3n) is 4.56. The highest BCUT2D eigenvalue weighted by Crippen LogP contribution is 2.34. The molecule has 0 unspecified atom stereocenters. The summed E-state index contributed by atoms with van der Waals surface area (Å²) >= 11 is 3.36. The van der Waals surface area contributed by atoms with Crippen molar-refractivity contribution in [1.29, 1.82) is 0 Å². The third-order valence-corrected chi connectivity index (χ3v) is 5.05. The summed E-state index contributed by atoms with van der Waals surface area (Å²) in [7, 11) is 1.42. The summed E-state index contributed by atoms with van der Waals surface area (Å²) in [5.74, 6) is 1.57. The normalized spacial score (nSPS) is 11.3. The minimum Gasteiger partial charge on any atom is -0.496 e. The van der Waals surface area contributed by atoms with E-state index in [9.17, 15) is 14.9 Å². The van der Waals surface area contributed by atoms with Crippen molar-refractivity contribution in [2.45, 2.75) is 6.92 Å². The van der Waals surface area contributed by atoms with Crippen LogP contribution in [0.1, 0.15) is 11.6 Å². The van der Waals surface area contributed by atoms with Crippen molar-refractivity contribution < 1.29 is 14.1 Å². The van der Waals surface area contributed by atoms with Gasteiger partial charge in [0, 0.05) is 10.5 Å². The van der Waals surface area contributed by atoms with Crippen molar-refractivity contribution in [3.05, 3.63) is 85.1 Å². The molecule has 0 spiro atoms. The van der Waals surface area contributed by atoms with Crippen LogP contribution < -0.4 is 10.3 Å². The van der Waals surface area contributed by atoms with Gasteiger partial charge in [-0.15, -0.1) is 0 Å². The van der Waals surface area contributed by atoms with E-state index < -0.39 is 4.92 Å². The summed E-state index contributed by atoms with van der Waals surface area (Å²) in [4.78, 5) is 27.7. The SMILES string of the molecule is COc1cc([N+](=O)[O-])ccc1-c1ccc(C=Nn2c(C)nc3ccc(Br)cc3c2=O)o1. The molecule has 2 heterocycles. The van der Waals surface area contributed by atoms with Gasteiger partial charge in [0.2, 0.25) is 0 Å². The summed E-state index contributed by atoms with van der Waals surface area (Å²) in [6, 6.07) is 12.9. The number of aromatic nitrogens is 2. The molecule has 0 bridgehead atoms. The van der Waals surface area contributed by atoms with Crippen molar-refractivity contribution in [3.8, 4) is 17.1 Å².